The van der Waals surface area contributed by atoms with Crippen LogP contribution in [-0.4, -0.2) is 49.6 Å². The van der Waals surface area contributed by atoms with Crippen LogP contribution in [0.2, 0.25) is 0 Å². The number of anilines is 1. The Bertz CT molecular complexity index is 1450. The Morgan fingerprint density at radius 2 is 1.86 bits per heavy atom. The van der Waals surface area contributed by atoms with Crippen LogP contribution in [0.1, 0.15) is 24.7 Å². The molecular weight excluding hydrogens is 478 g/mol. The molecule has 0 radical (unpaired) electrons. The first-order valence-corrected chi connectivity index (χ1v) is 12.3. The lowest BCUT2D eigenvalue weighted by molar-refractivity contribution is 0.0519. The van der Waals surface area contributed by atoms with Crippen molar-refractivity contribution in [3.63, 3.8) is 0 Å². The number of rotatable bonds is 4. The maximum absolute atomic E-state index is 13.6. The number of benzene rings is 2. The summed E-state index contributed by atoms with van der Waals surface area (Å²) in [6, 6.07) is 11.1. The number of aromatic nitrogens is 4. The summed E-state index contributed by atoms with van der Waals surface area (Å²) < 4.78 is 35.6. The molecule has 1 saturated heterocycles. The molecule has 190 valence electrons. The Hall–Kier alpha value is -4.08. The van der Waals surface area contributed by atoms with Gasteiger partial charge in [-0.2, -0.15) is 0 Å². The third kappa shape index (κ3) is 4.47. The predicted octanol–water partition coefficient (Wildman–Crippen LogP) is 4.98. The van der Waals surface area contributed by atoms with Crippen molar-refractivity contribution in [2.75, 3.05) is 18.4 Å². The fourth-order valence-electron chi connectivity index (χ4n) is 5.82. The van der Waals surface area contributed by atoms with E-state index in [0.29, 0.717) is 19.0 Å². The Balaban J connectivity index is 1.26. The summed E-state index contributed by atoms with van der Waals surface area (Å²) in [6.07, 6.45) is 6.16. The molecule has 3 heterocycles. The molecule has 0 bridgehead atoms. The lowest BCUT2D eigenvalue weighted by atomic mass is 9.77. The summed E-state index contributed by atoms with van der Waals surface area (Å²) in [6.45, 7) is 3.12. The van der Waals surface area contributed by atoms with Crippen LogP contribution in [0.15, 0.2) is 61.1 Å². The number of urea groups is 1. The maximum atomic E-state index is 13.6. The van der Waals surface area contributed by atoms with Gasteiger partial charge in [-0.3, -0.25) is 4.98 Å². The number of carbonyl (C=O) groups is 1. The van der Waals surface area contributed by atoms with Crippen LogP contribution >= 0.6 is 0 Å². The average Bonchev–Trinajstić information content (AvgIpc) is 3.46. The summed E-state index contributed by atoms with van der Waals surface area (Å²) in [5.74, 6) is -0.102. The molecule has 1 aliphatic heterocycles. The van der Waals surface area contributed by atoms with Crippen molar-refractivity contribution < 1.29 is 18.3 Å². The largest absolute Gasteiger partial charge is 0.471 e. The highest BCUT2D eigenvalue weighted by Gasteiger charge is 2.46. The molecule has 2 fully saturated rings. The first-order valence-electron chi connectivity index (χ1n) is 12.3. The SMILES string of the molecule is Cc1nc2ccccc2n1[C@H]1C[C@H]2CN(C(=O)Nc3ccc(F)c(F)c3)C[C@H]2C[C@@H]1Oc1cnccn1. The van der Waals surface area contributed by atoms with Crippen LogP contribution in [0.5, 0.6) is 5.88 Å². The van der Waals surface area contributed by atoms with Gasteiger partial charge in [0.2, 0.25) is 5.88 Å². The minimum Gasteiger partial charge on any atom is -0.471 e. The zero-order valence-corrected chi connectivity index (χ0v) is 20.2. The summed E-state index contributed by atoms with van der Waals surface area (Å²) in [7, 11) is 0. The average molecular weight is 505 g/mol. The standard InChI is InChI=1S/C27H26F2N6O2/c1-16-32-22-4-2-3-5-23(22)35(16)24-10-17-14-34(27(36)33-19-6-7-20(28)21(29)12-19)15-18(17)11-25(24)37-26-13-30-8-9-31-26/h2-9,12-13,17-18,24-25H,10-11,14-15H2,1H3,(H,33,36)/t17-,18+,24-,25-/m0/s1. The topological polar surface area (TPSA) is 85.2 Å². The zero-order chi connectivity index (χ0) is 25.5. The van der Waals surface area contributed by atoms with Crippen molar-refractivity contribution in [2.45, 2.75) is 31.9 Å². The smallest absolute Gasteiger partial charge is 0.321 e. The second-order valence-corrected chi connectivity index (χ2v) is 9.74. The van der Waals surface area contributed by atoms with Crippen molar-refractivity contribution in [3.8, 4) is 5.88 Å². The van der Waals surface area contributed by atoms with Gasteiger partial charge in [-0.15, -0.1) is 0 Å². The number of likely N-dealkylation sites (tertiary alicyclic amines) is 1. The minimum atomic E-state index is -0.998. The molecule has 8 nitrogen and oxygen atoms in total. The van der Waals surface area contributed by atoms with Crippen LogP contribution in [0.4, 0.5) is 19.3 Å². The first-order chi connectivity index (χ1) is 18.0. The van der Waals surface area contributed by atoms with Crippen molar-refractivity contribution in [2.24, 2.45) is 11.8 Å². The Morgan fingerprint density at radius 3 is 2.65 bits per heavy atom. The molecule has 2 aromatic carbocycles. The molecule has 4 aromatic rings. The number of amides is 2. The minimum absolute atomic E-state index is 0.00939. The number of hydrogen-bond donors (Lipinski definition) is 1. The van der Waals surface area contributed by atoms with Crippen molar-refractivity contribution in [1.29, 1.82) is 0 Å². The molecule has 0 unspecified atom stereocenters. The van der Waals surface area contributed by atoms with Gasteiger partial charge in [0.15, 0.2) is 11.6 Å². The molecule has 2 aromatic heterocycles. The van der Waals surface area contributed by atoms with Gasteiger partial charge in [-0.05, 0) is 55.9 Å². The molecule has 4 atom stereocenters. The number of para-hydroxylation sites is 2. The van der Waals surface area contributed by atoms with E-state index in [9.17, 15) is 13.6 Å². The molecule has 0 spiro atoms. The van der Waals surface area contributed by atoms with Crippen LogP contribution in [0.25, 0.3) is 11.0 Å². The third-order valence-corrected chi connectivity index (χ3v) is 7.46. The van der Waals surface area contributed by atoms with E-state index < -0.39 is 11.6 Å². The fourth-order valence-corrected chi connectivity index (χ4v) is 5.82. The Labute approximate surface area is 212 Å². The number of carbonyl (C=O) groups excluding carboxylic acids is 1. The molecule has 2 aliphatic rings. The normalized spacial score (nSPS) is 23.2. The number of fused-ring (bicyclic) bond motifs is 2. The summed E-state index contributed by atoms with van der Waals surface area (Å²) >= 11 is 0. The second kappa shape index (κ2) is 9.42. The molecular formula is C27H26F2N6O2. The number of aryl methyl sites for hydroxylation is 1. The maximum Gasteiger partial charge on any atom is 0.321 e. The van der Waals surface area contributed by atoms with Crippen molar-refractivity contribution in [1.82, 2.24) is 24.4 Å². The van der Waals surface area contributed by atoms with E-state index in [1.165, 1.54) is 6.07 Å². The van der Waals surface area contributed by atoms with E-state index in [1.54, 1.807) is 23.5 Å². The van der Waals surface area contributed by atoms with E-state index in [2.05, 4.69) is 25.9 Å². The monoisotopic (exact) mass is 504 g/mol. The quantitative estimate of drug-likeness (QED) is 0.424. The number of halogens is 2. The summed E-state index contributed by atoms with van der Waals surface area (Å²) in [4.78, 5) is 28.0. The number of imidazole rings is 1. The molecule has 37 heavy (non-hydrogen) atoms. The van der Waals surface area contributed by atoms with Gasteiger partial charge in [0.1, 0.15) is 11.9 Å². The third-order valence-electron chi connectivity index (χ3n) is 7.46. The lowest BCUT2D eigenvalue weighted by Gasteiger charge is -2.39. The van der Waals surface area contributed by atoms with Gasteiger partial charge in [-0.25, -0.2) is 23.5 Å². The first kappa shape index (κ1) is 23.3. The molecule has 2 amide bonds. The Morgan fingerprint density at radius 1 is 1.05 bits per heavy atom. The number of ether oxygens (including phenoxy) is 1. The van der Waals surface area contributed by atoms with E-state index in [1.807, 2.05) is 25.1 Å². The number of nitrogens with zero attached hydrogens (tertiary/aromatic N) is 5. The molecule has 10 heteroatoms. The van der Waals surface area contributed by atoms with Crippen LogP contribution in [0, 0.1) is 30.4 Å². The van der Waals surface area contributed by atoms with Crippen molar-refractivity contribution in [3.05, 3.63) is 78.5 Å². The summed E-state index contributed by atoms with van der Waals surface area (Å²) in [5, 5.41) is 2.70. The van der Waals surface area contributed by atoms with Gasteiger partial charge in [0.05, 0.1) is 23.3 Å². The van der Waals surface area contributed by atoms with E-state index in [0.717, 1.165) is 41.8 Å². The van der Waals surface area contributed by atoms with E-state index >= 15 is 0 Å². The van der Waals surface area contributed by atoms with Crippen LogP contribution in [-0.2, 0) is 0 Å². The van der Waals surface area contributed by atoms with Crippen LogP contribution in [0.3, 0.4) is 0 Å². The second-order valence-electron chi connectivity index (χ2n) is 9.74. The molecule has 1 N–H and O–H groups in total. The predicted molar refractivity (Wildman–Crippen MR) is 133 cm³/mol. The highest BCUT2D eigenvalue weighted by atomic mass is 19.2. The van der Waals surface area contributed by atoms with Gasteiger partial charge in [0, 0.05) is 37.2 Å². The highest BCUT2D eigenvalue weighted by Crippen LogP contribution is 2.44. The summed E-state index contributed by atoms with van der Waals surface area (Å²) in [5.41, 5.74) is 2.20. The van der Waals surface area contributed by atoms with E-state index in [4.69, 9.17) is 9.72 Å². The Kier molecular flexibility index (Phi) is 5.94. The fraction of sp³-hybridized carbons (Fsp3) is 0.333. The lowest BCUT2D eigenvalue weighted by Crippen LogP contribution is -2.40. The molecule has 6 rings (SSSR count). The van der Waals surface area contributed by atoms with Gasteiger partial charge >= 0.3 is 6.03 Å². The van der Waals surface area contributed by atoms with Gasteiger partial charge in [-0.1, -0.05) is 12.1 Å². The number of nitrogens with one attached hydrogen (secondary N) is 1. The van der Waals surface area contributed by atoms with Crippen molar-refractivity contribution >= 4 is 22.8 Å². The van der Waals surface area contributed by atoms with Gasteiger partial charge < -0.3 is 19.5 Å². The van der Waals surface area contributed by atoms with Crippen LogP contribution < -0.4 is 10.1 Å². The highest BCUT2D eigenvalue weighted by molar-refractivity contribution is 5.89. The van der Waals surface area contributed by atoms with E-state index in [-0.39, 0.29) is 35.7 Å². The molecule has 1 saturated carbocycles. The number of hydrogen-bond acceptors (Lipinski definition) is 5. The van der Waals surface area contributed by atoms with Gasteiger partial charge in [0.25, 0.3) is 0 Å². The molecule has 1 aliphatic carbocycles. The zero-order valence-electron chi connectivity index (χ0n) is 20.2.